The number of hydrogen-bond donors (Lipinski definition) is 1. The van der Waals surface area contributed by atoms with Gasteiger partial charge in [-0.05, 0) is 37.0 Å². The van der Waals surface area contributed by atoms with Gasteiger partial charge in [0.15, 0.2) is 0 Å². The van der Waals surface area contributed by atoms with Gasteiger partial charge in [0.05, 0.1) is 35.8 Å². The summed E-state index contributed by atoms with van der Waals surface area (Å²) >= 11 is 0.984. The maximum Gasteiger partial charge on any atom is 0.420 e. The number of imide groups is 1. The van der Waals surface area contributed by atoms with Gasteiger partial charge in [0.25, 0.3) is 0 Å². The highest BCUT2D eigenvalue weighted by molar-refractivity contribution is 7.21. The number of nitrogens with zero attached hydrogens (tertiary/aromatic N) is 4. The molecule has 31 heavy (non-hydrogen) atoms. The third kappa shape index (κ3) is 3.28. The van der Waals surface area contributed by atoms with Crippen LogP contribution >= 0.6 is 11.3 Å². The molecule has 160 valence electrons. The molecule has 10 heteroatoms. The first-order valence-electron chi connectivity index (χ1n) is 9.57. The molecule has 1 aliphatic heterocycles. The van der Waals surface area contributed by atoms with Crippen LogP contribution in [0, 0.1) is 12.8 Å². The van der Waals surface area contributed by atoms with E-state index in [0.717, 1.165) is 29.0 Å². The Hall–Kier alpha value is -3.53. The van der Waals surface area contributed by atoms with Crippen LogP contribution < -0.4 is 9.80 Å². The van der Waals surface area contributed by atoms with E-state index in [0.29, 0.717) is 32.4 Å². The molecule has 1 aliphatic rings. The van der Waals surface area contributed by atoms with Crippen molar-refractivity contribution in [2.24, 2.45) is 5.92 Å². The fourth-order valence-electron chi connectivity index (χ4n) is 3.70. The van der Waals surface area contributed by atoms with Crippen LogP contribution in [0.15, 0.2) is 24.5 Å². The topological polar surface area (TPSA) is 113 Å². The standard InChI is InChI=1S/C21H20N4O5S/c1-10(2)7-12-8-11(3)14(9-23-12)24-13-5-6-22-18-15(13)16(17(31-18)19(26)30-4)25(20(24)27)21(28)29/h5-6,8-10H,7H2,1-4H3,(H,28,29). The number of carboxylic acid groups (broad SMARTS) is 1. The SMILES string of the molecule is COC(=O)c1sc2nccc3c2c1N(C(=O)O)C(=O)N3c1cnc(CC(C)C)cc1C. The molecule has 0 aromatic carbocycles. The van der Waals surface area contributed by atoms with E-state index in [1.54, 1.807) is 12.3 Å². The lowest BCUT2D eigenvalue weighted by atomic mass is 10.0. The quantitative estimate of drug-likeness (QED) is 0.583. The Morgan fingerprint density at radius 2 is 2.00 bits per heavy atom. The van der Waals surface area contributed by atoms with Crippen molar-refractivity contribution in [1.82, 2.24) is 9.97 Å². The maximum absolute atomic E-state index is 13.4. The molecule has 0 fully saturated rings. The van der Waals surface area contributed by atoms with Crippen LogP contribution in [0.4, 0.5) is 26.7 Å². The van der Waals surface area contributed by atoms with Gasteiger partial charge in [0.2, 0.25) is 0 Å². The Balaban J connectivity index is 1.97. The van der Waals surface area contributed by atoms with Crippen molar-refractivity contribution >= 4 is 56.7 Å². The lowest BCUT2D eigenvalue weighted by molar-refractivity contribution is 0.0607. The highest BCUT2D eigenvalue weighted by Gasteiger charge is 2.42. The number of ether oxygens (including phenoxy) is 1. The first-order valence-corrected chi connectivity index (χ1v) is 10.4. The number of rotatable bonds is 4. The minimum absolute atomic E-state index is 0.00924. The van der Waals surface area contributed by atoms with Crippen LogP contribution in [-0.4, -0.2) is 40.3 Å². The van der Waals surface area contributed by atoms with E-state index in [-0.39, 0.29) is 10.6 Å². The average Bonchev–Trinajstić information content (AvgIpc) is 3.08. The lowest BCUT2D eigenvalue weighted by Crippen LogP contribution is -2.47. The van der Waals surface area contributed by atoms with Gasteiger partial charge in [-0.2, -0.15) is 4.90 Å². The Morgan fingerprint density at radius 1 is 1.26 bits per heavy atom. The normalized spacial score (nSPS) is 13.3. The first-order chi connectivity index (χ1) is 14.7. The summed E-state index contributed by atoms with van der Waals surface area (Å²) in [6, 6.07) is 2.70. The molecule has 0 aliphatic carbocycles. The van der Waals surface area contributed by atoms with E-state index < -0.39 is 18.1 Å². The molecule has 0 saturated carbocycles. The molecular weight excluding hydrogens is 420 g/mol. The van der Waals surface area contributed by atoms with Crippen molar-refractivity contribution in [2.75, 3.05) is 16.9 Å². The van der Waals surface area contributed by atoms with Crippen molar-refractivity contribution in [1.29, 1.82) is 0 Å². The molecule has 3 aromatic rings. The minimum Gasteiger partial charge on any atom is -0.465 e. The number of amides is 3. The van der Waals surface area contributed by atoms with E-state index in [1.165, 1.54) is 18.2 Å². The number of thiophene rings is 1. The van der Waals surface area contributed by atoms with Gasteiger partial charge >= 0.3 is 18.1 Å². The summed E-state index contributed by atoms with van der Waals surface area (Å²) in [5.74, 6) is -0.311. The molecule has 4 heterocycles. The summed E-state index contributed by atoms with van der Waals surface area (Å²) < 4.78 is 4.80. The van der Waals surface area contributed by atoms with Gasteiger partial charge in [0, 0.05) is 11.9 Å². The molecule has 0 bridgehead atoms. The fraction of sp³-hybridized carbons (Fsp3) is 0.286. The highest BCUT2D eigenvalue weighted by atomic mass is 32.1. The number of urea groups is 1. The average molecular weight is 440 g/mol. The van der Waals surface area contributed by atoms with E-state index in [2.05, 4.69) is 23.8 Å². The summed E-state index contributed by atoms with van der Waals surface area (Å²) in [5, 5.41) is 10.3. The van der Waals surface area contributed by atoms with Gasteiger partial charge in [-0.1, -0.05) is 13.8 Å². The predicted octanol–water partition coefficient (Wildman–Crippen LogP) is 4.74. The van der Waals surface area contributed by atoms with Crippen LogP contribution in [0.5, 0.6) is 0 Å². The molecule has 4 rings (SSSR count). The Labute approximate surface area is 181 Å². The van der Waals surface area contributed by atoms with Gasteiger partial charge in [-0.3, -0.25) is 9.88 Å². The smallest absolute Gasteiger partial charge is 0.420 e. The van der Waals surface area contributed by atoms with Crippen molar-refractivity contribution in [3.63, 3.8) is 0 Å². The number of carbonyl (C=O) groups is 3. The second kappa shape index (κ2) is 7.62. The molecular formula is C21H20N4O5S. The number of methoxy groups -OCH3 is 1. The fourth-order valence-corrected chi connectivity index (χ4v) is 4.77. The molecule has 0 spiro atoms. The summed E-state index contributed by atoms with van der Waals surface area (Å²) in [6.07, 6.45) is 2.38. The largest absolute Gasteiger partial charge is 0.465 e. The molecule has 0 unspecified atom stereocenters. The molecule has 1 N–H and O–H groups in total. The number of anilines is 3. The summed E-state index contributed by atoms with van der Waals surface area (Å²) in [5.41, 5.74) is 2.55. The third-order valence-corrected chi connectivity index (χ3v) is 6.02. The lowest BCUT2D eigenvalue weighted by Gasteiger charge is -2.33. The number of aryl methyl sites for hydroxylation is 1. The van der Waals surface area contributed by atoms with E-state index in [1.807, 2.05) is 13.0 Å². The van der Waals surface area contributed by atoms with Crippen LogP contribution in [0.1, 0.15) is 34.8 Å². The van der Waals surface area contributed by atoms with Gasteiger partial charge < -0.3 is 9.84 Å². The van der Waals surface area contributed by atoms with Crippen LogP contribution in [0.3, 0.4) is 0 Å². The van der Waals surface area contributed by atoms with Crippen molar-refractivity contribution in [2.45, 2.75) is 27.2 Å². The van der Waals surface area contributed by atoms with Crippen LogP contribution in [-0.2, 0) is 11.2 Å². The summed E-state index contributed by atoms with van der Waals surface area (Å²) in [4.78, 5) is 48.9. The Bertz CT molecular complexity index is 1240. The molecule has 3 amide bonds. The zero-order valence-electron chi connectivity index (χ0n) is 17.4. The molecule has 0 radical (unpaired) electrons. The van der Waals surface area contributed by atoms with E-state index in [4.69, 9.17) is 4.74 Å². The molecule has 9 nitrogen and oxygen atoms in total. The van der Waals surface area contributed by atoms with Gasteiger partial charge in [0.1, 0.15) is 9.71 Å². The first kappa shape index (κ1) is 20.7. The number of aromatic nitrogens is 2. The highest BCUT2D eigenvalue weighted by Crippen LogP contribution is 2.48. The monoisotopic (exact) mass is 440 g/mol. The minimum atomic E-state index is -1.50. The Kier molecular flexibility index (Phi) is 5.10. The zero-order chi connectivity index (χ0) is 22.4. The molecule has 3 aromatic heterocycles. The second-order valence-corrected chi connectivity index (χ2v) is 8.58. The third-order valence-electron chi connectivity index (χ3n) is 4.95. The van der Waals surface area contributed by atoms with Gasteiger partial charge in [-0.25, -0.2) is 19.4 Å². The van der Waals surface area contributed by atoms with Crippen molar-refractivity contribution in [3.8, 4) is 0 Å². The Morgan fingerprint density at radius 3 is 2.61 bits per heavy atom. The van der Waals surface area contributed by atoms with Crippen molar-refractivity contribution in [3.05, 3.63) is 40.7 Å². The maximum atomic E-state index is 13.4. The van der Waals surface area contributed by atoms with Crippen molar-refractivity contribution < 1.29 is 24.2 Å². The van der Waals surface area contributed by atoms with Crippen LogP contribution in [0.25, 0.3) is 10.2 Å². The molecule has 0 saturated heterocycles. The predicted molar refractivity (Wildman–Crippen MR) is 117 cm³/mol. The zero-order valence-corrected chi connectivity index (χ0v) is 18.2. The van der Waals surface area contributed by atoms with Crippen LogP contribution in [0.2, 0.25) is 0 Å². The number of hydrogen-bond acceptors (Lipinski definition) is 7. The summed E-state index contributed by atoms with van der Waals surface area (Å²) in [7, 11) is 1.20. The van der Waals surface area contributed by atoms with E-state index >= 15 is 0 Å². The number of pyridine rings is 2. The second-order valence-electron chi connectivity index (χ2n) is 7.58. The number of carbonyl (C=O) groups excluding carboxylic acids is 2. The summed E-state index contributed by atoms with van der Waals surface area (Å²) in [6.45, 7) is 6.03. The molecule has 0 atom stereocenters. The van der Waals surface area contributed by atoms with E-state index in [9.17, 15) is 19.5 Å². The number of esters is 1. The van der Waals surface area contributed by atoms with Gasteiger partial charge in [-0.15, -0.1) is 11.3 Å².